The summed E-state index contributed by atoms with van der Waals surface area (Å²) in [6, 6.07) is 11.1. The first-order chi connectivity index (χ1) is 10.4. The second kappa shape index (κ2) is 6.61. The number of methoxy groups -OCH3 is 1. The number of carbonyl (C=O) groups excluding carboxylic acids is 1. The molecule has 0 fully saturated rings. The minimum atomic E-state index is -4.24. The van der Waals surface area contributed by atoms with Crippen molar-refractivity contribution in [1.82, 2.24) is 0 Å². The fraction of sp³-hybridized carbons (Fsp3) is 0.312. The molecule has 2 aromatic rings. The summed E-state index contributed by atoms with van der Waals surface area (Å²) in [4.78, 5) is 21.8. The second-order valence-corrected chi connectivity index (χ2v) is 6.71. The molecule has 6 heteroatoms. The molecular weight excluding hydrogens is 303 g/mol. The van der Waals surface area contributed by atoms with Gasteiger partial charge in [-0.25, -0.2) is 0 Å². The van der Waals surface area contributed by atoms with E-state index in [9.17, 15) is 14.3 Å². The van der Waals surface area contributed by atoms with Crippen molar-refractivity contribution in [2.45, 2.75) is 19.8 Å². The molecule has 0 aliphatic heterocycles. The van der Waals surface area contributed by atoms with E-state index in [1.165, 1.54) is 0 Å². The van der Waals surface area contributed by atoms with Gasteiger partial charge in [0.05, 0.1) is 19.6 Å². The molecule has 0 spiro atoms. The van der Waals surface area contributed by atoms with Crippen molar-refractivity contribution in [1.29, 1.82) is 0 Å². The number of hydrogen-bond acceptors (Lipinski definition) is 4. The average molecular weight is 322 g/mol. The summed E-state index contributed by atoms with van der Waals surface area (Å²) in [5.41, 5.74) is -0.112. The molecule has 22 heavy (non-hydrogen) atoms. The van der Waals surface area contributed by atoms with Gasteiger partial charge in [0.25, 0.3) is 5.52 Å². The third-order valence-electron chi connectivity index (χ3n) is 3.52. The number of carbonyl (C=O) groups is 1. The molecule has 2 atom stereocenters. The number of hydrogen-bond donors (Lipinski definition) is 1. The van der Waals surface area contributed by atoms with Gasteiger partial charge in [0.2, 0.25) is 0 Å². The molecule has 0 saturated carbocycles. The Labute approximate surface area is 129 Å². The van der Waals surface area contributed by atoms with Gasteiger partial charge in [-0.2, -0.15) is 0 Å². The maximum atomic E-state index is 12.1. The average Bonchev–Trinajstić information content (AvgIpc) is 2.52. The van der Waals surface area contributed by atoms with Gasteiger partial charge in [-0.15, -0.1) is 0 Å². The van der Waals surface area contributed by atoms with E-state index in [0.29, 0.717) is 5.56 Å². The maximum Gasteiger partial charge on any atom is 0.394 e. The SMILES string of the molecule is CCOP(=O)(O)C(=O)C(C)c1ccc2cc(OC)ccc2c1. The second-order valence-electron chi connectivity index (χ2n) is 4.97. The predicted molar refractivity (Wildman–Crippen MR) is 85.4 cm³/mol. The molecule has 0 amide bonds. The van der Waals surface area contributed by atoms with Crippen LogP contribution in [0.5, 0.6) is 5.75 Å². The third-order valence-corrected chi connectivity index (χ3v) is 5.08. The van der Waals surface area contributed by atoms with E-state index >= 15 is 0 Å². The first-order valence-electron chi connectivity index (χ1n) is 6.98. The van der Waals surface area contributed by atoms with Gasteiger partial charge >= 0.3 is 7.60 Å². The monoisotopic (exact) mass is 322 g/mol. The van der Waals surface area contributed by atoms with Crippen molar-refractivity contribution in [2.75, 3.05) is 13.7 Å². The topological polar surface area (TPSA) is 72.8 Å². The van der Waals surface area contributed by atoms with E-state index in [1.807, 2.05) is 30.3 Å². The largest absolute Gasteiger partial charge is 0.497 e. The molecule has 118 valence electrons. The van der Waals surface area contributed by atoms with E-state index in [-0.39, 0.29) is 6.61 Å². The number of rotatable bonds is 6. The van der Waals surface area contributed by atoms with Crippen LogP contribution in [0, 0.1) is 0 Å². The molecule has 5 nitrogen and oxygen atoms in total. The minimum Gasteiger partial charge on any atom is -0.497 e. The Hall–Kier alpha value is -1.68. The molecule has 0 bridgehead atoms. The van der Waals surface area contributed by atoms with Crippen LogP contribution in [0.1, 0.15) is 25.3 Å². The quantitative estimate of drug-likeness (QED) is 0.821. The fourth-order valence-electron chi connectivity index (χ4n) is 2.26. The molecule has 2 unspecified atom stereocenters. The van der Waals surface area contributed by atoms with Gasteiger partial charge in [0, 0.05) is 0 Å². The normalized spacial score (nSPS) is 15.3. The van der Waals surface area contributed by atoms with Crippen molar-refractivity contribution in [3.63, 3.8) is 0 Å². The molecule has 0 saturated heterocycles. The lowest BCUT2D eigenvalue weighted by molar-refractivity contribution is -0.114. The first-order valence-corrected chi connectivity index (χ1v) is 8.56. The summed E-state index contributed by atoms with van der Waals surface area (Å²) >= 11 is 0. The van der Waals surface area contributed by atoms with Crippen LogP contribution in [0.25, 0.3) is 10.8 Å². The lowest BCUT2D eigenvalue weighted by Crippen LogP contribution is -2.11. The van der Waals surface area contributed by atoms with Crippen molar-refractivity contribution >= 4 is 23.9 Å². The van der Waals surface area contributed by atoms with E-state index in [4.69, 9.17) is 9.26 Å². The predicted octanol–water partition coefficient (Wildman–Crippen LogP) is 3.70. The van der Waals surface area contributed by atoms with Crippen LogP contribution in [0.15, 0.2) is 36.4 Å². The third kappa shape index (κ3) is 3.38. The Bertz CT molecular complexity index is 740. The van der Waals surface area contributed by atoms with Crippen LogP contribution < -0.4 is 4.74 Å². The van der Waals surface area contributed by atoms with Crippen LogP contribution in [-0.2, 0) is 13.9 Å². The van der Waals surface area contributed by atoms with Crippen LogP contribution >= 0.6 is 7.60 Å². The van der Waals surface area contributed by atoms with Gasteiger partial charge in [-0.1, -0.05) is 31.2 Å². The minimum absolute atomic E-state index is 0.0176. The molecule has 0 aliphatic carbocycles. The summed E-state index contributed by atoms with van der Waals surface area (Å²) < 4.78 is 21.7. The highest BCUT2D eigenvalue weighted by molar-refractivity contribution is 7.71. The van der Waals surface area contributed by atoms with E-state index in [2.05, 4.69) is 0 Å². The zero-order valence-corrected chi connectivity index (χ0v) is 13.7. The van der Waals surface area contributed by atoms with Crippen molar-refractivity contribution in [3.8, 4) is 5.75 Å². The lowest BCUT2D eigenvalue weighted by Gasteiger charge is -2.15. The van der Waals surface area contributed by atoms with Gasteiger partial charge < -0.3 is 14.2 Å². The molecule has 2 rings (SSSR count). The molecular formula is C16H19O5P. The van der Waals surface area contributed by atoms with E-state index in [0.717, 1.165) is 16.5 Å². The number of ether oxygens (including phenoxy) is 1. The summed E-state index contributed by atoms with van der Waals surface area (Å²) in [5.74, 6) is 0.0365. The van der Waals surface area contributed by atoms with Crippen LogP contribution in [0.3, 0.4) is 0 Å². The molecule has 1 N–H and O–H groups in total. The molecule has 0 heterocycles. The highest BCUT2D eigenvalue weighted by Crippen LogP contribution is 2.47. The Morgan fingerprint density at radius 3 is 2.50 bits per heavy atom. The van der Waals surface area contributed by atoms with Crippen molar-refractivity contribution < 1.29 is 23.5 Å². The summed E-state index contributed by atoms with van der Waals surface area (Å²) in [6.07, 6.45) is 0. The molecule has 0 radical (unpaired) electrons. The van der Waals surface area contributed by atoms with E-state index < -0.39 is 19.0 Å². The molecule has 0 aromatic heterocycles. The van der Waals surface area contributed by atoms with E-state index in [1.54, 1.807) is 27.0 Å². The van der Waals surface area contributed by atoms with Gasteiger partial charge in [-0.3, -0.25) is 9.36 Å². The van der Waals surface area contributed by atoms with Gasteiger partial charge in [0.15, 0.2) is 0 Å². The van der Waals surface area contributed by atoms with Crippen LogP contribution in [0.4, 0.5) is 0 Å². The number of fused-ring (bicyclic) bond motifs is 1. The highest BCUT2D eigenvalue weighted by Gasteiger charge is 2.35. The van der Waals surface area contributed by atoms with Crippen LogP contribution in [0.2, 0.25) is 0 Å². The van der Waals surface area contributed by atoms with Gasteiger partial charge in [-0.05, 0) is 35.4 Å². The fourth-order valence-corrected chi connectivity index (χ4v) is 3.38. The summed E-state index contributed by atoms with van der Waals surface area (Å²) in [5, 5.41) is 1.90. The Morgan fingerprint density at radius 2 is 1.86 bits per heavy atom. The molecule has 2 aromatic carbocycles. The first kappa shape index (κ1) is 16.7. The Morgan fingerprint density at radius 1 is 1.23 bits per heavy atom. The number of benzene rings is 2. The smallest absolute Gasteiger partial charge is 0.394 e. The van der Waals surface area contributed by atoms with Crippen LogP contribution in [-0.4, -0.2) is 24.1 Å². The van der Waals surface area contributed by atoms with Crippen molar-refractivity contribution in [3.05, 3.63) is 42.0 Å². The highest BCUT2D eigenvalue weighted by atomic mass is 31.2. The Balaban J connectivity index is 2.34. The Kier molecular flexibility index (Phi) is 5.01. The van der Waals surface area contributed by atoms with Gasteiger partial charge in [0.1, 0.15) is 5.75 Å². The zero-order chi connectivity index (χ0) is 16.3. The maximum absolute atomic E-state index is 12.1. The van der Waals surface area contributed by atoms with Crippen molar-refractivity contribution in [2.24, 2.45) is 0 Å². The summed E-state index contributed by atoms with van der Waals surface area (Å²) in [6.45, 7) is 3.20. The standard InChI is InChI=1S/C16H19O5P/c1-4-21-22(18,19)16(17)11(2)12-5-6-14-10-15(20-3)8-7-13(14)9-12/h5-11H,4H2,1-3H3,(H,18,19). The lowest BCUT2D eigenvalue weighted by atomic mass is 9.99. The molecule has 0 aliphatic rings. The zero-order valence-electron chi connectivity index (χ0n) is 12.8. The summed E-state index contributed by atoms with van der Waals surface area (Å²) in [7, 11) is -2.64.